The van der Waals surface area contributed by atoms with E-state index in [1.165, 1.54) is 21.3 Å². The molecule has 212 valence electrons. The highest BCUT2D eigenvalue weighted by atomic mass is 32.2. The lowest BCUT2D eigenvalue weighted by Crippen LogP contribution is -2.62. The molecule has 0 bridgehead atoms. The quantitative estimate of drug-likeness (QED) is 0.286. The molecule has 1 aromatic rings. The van der Waals surface area contributed by atoms with Gasteiger partial charge in [-0.2, -0.15) is 10.1 Å². The number of β-lactam (4-membered cyclic amide) rings is 1. The zero-order valence-electron chi connectivity index (χ0n) is 22.4. The van der Waals surface area contributed by atoms with Crippen LogP contribution < -0.4 is 16.8 Å². The van der Waals surface area contributed by atoms with Crippen LogP contribution in [0.2, 0.25) is 0 Å². The molecule has 0 aromatic carbocycles. The number of anilines is 1. The second-order valence-electron chi connectivity index (χ2n) is 11.2. The molecule has 3 fully saturated rings. The molecule has 0 saturated carbocycles. The topological polar surface area (TPSA) is 190 Å². The summed E-state index contributed by atoms with van der Waals surface area (Å²) in [5.41, 5.74) is 11.8. The SMILES string of the molecule is Cc1nc(N)n(CC(=O)C[C@H](C)[C@H]2C(=O)N3C(C(=O)O)=C(S[C@@H]4CN[C@H](C(=O)N5CC[C@@H](N)C5)C4)[C@H](C)[C@H]23)n1. The minimum atomic E-state index is -1.14. The number of aliphatic carboxylic acids is 1. The number of carbonyl (C=O) groups excluding carboxylic acids is 3. The molecule has 0 spiro atoms. The van der Waals surface area contributed by atoms with Crippen molar-refractivity contribution in [3.05, 3.63) is 16.4 Å². The number of aryl methyl sites for hydroxylation is 1. The summed E-state index contributed by atoms with van der Waals surface area (Å²) in [6.45, 7) is 7.25. The number of fused-ring (bicyclic) bond motifs is 1. The van der Waals surface area contributed by atoms with Gasteiger partial charge in [0.15, 0.2) is 5.78 Å². The first-order valence-corrected chi connectivity index (χ1v) is 14.3. The van der Waals surface area contributed by atoms with Crippen LogP contribution in [0.5, 0.6) is 0 Å². The van der Waals surface area contributed by atoms with Gasteiger partial charge < -0.3 is 31.7 Å². The third kappa shape index (κ3) is 5.05. The average molecular weight is 561 g/mol. The van der Waals surface area contributed by atoms with E-state index in [1.54, 1.807) is 11.8 Å². The summed E-state index contributed by atoms with van der Waals surface area (Å²) in [5.74, 6) is -1.77. The van der Waals surface area contributed by atoms with Crippen LogP contribution in [0.4, 0.5) is 5.95 Å². The summed E-state index contributed by atoms with van der Waals surface area (Å²) < 4.78 is 1.35. The lowest BCUT2D eigenvalue weighted by molar-refractivity contribution is -0.160. The lowest BCUT2D eigenvalue weighted by atomic mass is 9.73. The molecule has 13 nitrogen and oxygen atoms in total. The maximum atomic E-state index is 13.2. The van der Waals surface area contributed by atoms with E-state index in [9.17, 15) is 24.3 Å². The first kappa shape index (κ1) is 27.6. The number of carbonyl (C=O) groups is 4. The monoisotopic (exact) mass is 560 g/mol. The molecule has 1 aromatic heterocycles. The Hall–Kier alpha value is -2.97. The molecule has 7 atom stereocenters. The number of likely N-dealkylation sites (tertiary alicyclic amines) is 1. The van der Waals surface area contributed by atoms with E-state index in [4.69, 9.17) is 11.5 Å². The third-order valence-corrected chi connectivity index (χ3v) is 9.82. The molecule has 0 radical (unpaired) electrons. The molecule has 0 unspecified atom stereocenters. The van der Waals surface area contributed by atoms with Crippen LogP contribution in [-0.4, -0.2) is 96.2 Å². The van der Waals surface area contributed by atoms with E-state index in [0.717, 1.165) is 6.42 Å². The molecule has 6 N–H and O–H groups in total. The highest BCUT2D eigenvalue weighted by Gasteiger charge is 2.60. The number of Topliss-reactive ketones (excluding diaryl/α,β-unsaturated/α-hetero) is 1. The number of ketones is 1. The van der Waals surface area contributed by atoms with Gasteiger partial charge in [0.1, 0.15) is 18.1 Å². The number of amides is 2. The lowest BCUT2D eigenvalue weighted by Gasteiger charge is -2.47. The average Bonchev–Trinajstić information content (AvgIpc) is 3.62. The molecule has 0 aliphatic carbocycles. The van der Waals surface area contributed by atoms with Gasteiger partial charge in [0.05, 0.1) is 18.0 Å². The van der Waals surface area contributed by atoms with Crippen LogP contribution in [-0.2, 0) is 25.7 Å². The standard InChI is InChI=1S/C25H36N8O5S/c1-11(6-15(34)10-32-25(27)29-13(3)30-32)18-19-12(2)21(20(24(37)38)33(19)23(18)36)39-16-7-17(28-8-16)22(35)31-5-4-14(26)9-31/h11-12,14,16-19,28H,4-10,26H2,1-3H3,(H,37,38)(H2,27,29,30)/t11-,12+,14+,16-,17-,18+,19+/m0/s1. The first-order chi connectivity index (χ1) is 18.5. The minimum Gasteiger partial charge on any atom is -0.477 e. The van der Waals surface area contributed by atoms with Crippen LogP contribution in [0.1, 0.15) is 38.9 Å². The molecule has 5 heterocycles. The Labute approximate surface area is 230 Å². The summed E-state index contributed by atoms with van der Waals surface area (Å²) in [4.78, 5) is 59.1. The summed E-state index contributed by atoms with van der Waals surface area (Å²) in [5, 5.41) is 17.5. The second-order valence-corrected chi connectivity index (χ2v) is 12.5. The van der Waals surface area contributed by atoms with Crippen LogP contribution in [0.15, 0.2) is 10.6 Å². The summed E-state index contributed by atoms with van der Waals surface area (Å²) in [7, 11) is 0. The van der Waals surface area contributed by atoms with Crippen LogP contribution >= 0.6 is 11.8 Å². The van der Waals surface area contributed by atoms with Crippen molar-refractivity contribution in [2.75, 3.05) is 25.4 Å². The number of nitrogen functional groups attached to an aromatic ring is 1. The van der Waals surface area contributed by atoms with Crippen LogP contribution in [0, 0.1) is 24.7 Å². The Morgan fingerprint density at radius 2 is 2.05 bits per heavy atom. The van der Waals surface area contributed by atoms with Crippen molar-refractivity contribution in [1.82, 2.24) is 29.9 Å². The number of rotatable bonds is 9. The van der Waals surface area contributed by atoms with E-state index in [2.05, 4.69) is 15.4 Å². The number of nitrogens with two attached hydrogens (primary N) is 2. The predicted molar refractivity (Wildman–Crippen MR) is 143 cm³/mol. The minimum absolute atomic E-state index is 0.00451. The molecule has 14 heteroatoms. The van der Waals surface area contributed by atoms with E-state index >= 15 is 0 Å². The van der Waals surface area contributed by atoms with Gasteiger partial charge in [-0.15, -0.1) is 11.8 Å². The van der Waals surface area contributed by atoms with Gasteiger partial charge in [-0.3, -0.25) is 14.4 Å². The third-order valence-electron chi connectivity index (χ3n) is 8.31. The van der Waals surface area contributed by atoms with Gasteiger partial charge in [-0.05, 0) is 25.7 Å². The number of hydrogen-bond acceptors (Lipinski definition) is 10. The highest BCUT2D eigenvalue weighted by molar-refractivity contribution is 8.03. The first-order valence-electron chi connectivity index (χ1n) is 13.4. The van der Waals surface area contributed by atoms with Crippen molar-refractivity contribution in [2.45, 2.75) is 70.0 Å². The summed E-state index contributed by atoms with van der Waals surface area (Å²) in [6, 6.07) is -0.621. The maximum absolute atomic E-state index is 13.2. The fraction of sp³-hybridized carbons (Fsp3) is 0.680. The van der Waals surface area contributed by atoms with Crippen molar-refractivity contribution in [3.8, 4) is 0 Å². The number of carboxylic acid groups (broad SMARTS) is 1. The Balaban J connectivity index is 1.23. The molecule has 4 aliphatic heterocycles. The Bertz CT molecular complexity index is 1230. The molecular formula is C25H36N8O5S. The van der Waals surface area contributed by atoms with Crippen molar-refractivity contribution >= 4 is 41.3 Å². The van der Waals surface area contributed by atoms with E-state index in [1.807, 2.05) is 13.8 Å². The molecule has 4 aliphatic rings. The second kappa shape index (κ2) is 10.5. The van der Waals surface area contributed by atoms with E-state index < -0.39 is 11.9 Å². The normalized spacial score (nSPS) is 31.0. The predicted octanol–water partition coefficient (Wildman–Crippen LogP) is -0.440. The van der Waals surface area contributed by atoms with E-state index in [-0.39, 0.29) is 77.4 Å². The van der Waals surface area contributed by atoms with Crippen LogP contribution in [0.25, 0.3) is 0 Å². The van der Waals surface area contributed by atoms with Crippen molar-refractivity contribution in [1.29, 1.82) is 0 Å². The van der Waals surface area contributed by atoms with Gasteiger partial charge in [0, 0.05) is 48.2 Å². The summed E-state index contributed by atoms with van der Waals surface area (Å²) >= 11 is 1.45. The highest BCUT2D eigenvalue weighted by Crippen LogP contribution is 2.53. The van der Waals surface area contributed by atoms with Crippen molar-refractivity contribution < 1.29 is 24.3 Å². The van der Waals surface area contributed by atoms with Gasteiger partial charge in [0.25, 0.3) is 0 Å². The van der Waals surface area contributed by atoms with Gasteiger partial charge in [-0.1, -0.05) is 13.8 Å². The number of carboxylic acids is 1. The summed E-state index contributed by atoms with van der Waals surface area (Å²) in [6.07, 6.45) is 1.52. The smallest absolute Gasteiger partial charge is 0.353 e. The Morgan fingerprint density at radius 3 is 2.67 bits per heavy atom. The zero-order valence-corrected chi connectivity index (χ0v) is 23.2. The zero-order chi connectivity index (χ0) is 28.2. The van der Waals surface area contributed by atoms with Gasteiger partial charge in [0.2, 0.25) is 17.8 Å². The van der Waals surface area contributed by atoms with Crippen LogP contribution in [0.3, 0.4) is 0 Å². The number of nitrogens with one attached hydrogen (secondary N) is 1. The fourth-order valence-corrected chi connectivity index (χ4v) is 7.92. The molecule has 3 saturated heterocycles. The van der Waals surface area contributed by atoms with E-state index in [0.29, 0.717) is 36.8 Å². The molecule has 2 amide bonds. The fourth-order valence-electron chi connectivity index (χ4n) is 6.44. The number of aromatic nitrogens is 3. The number of nitrogens with zero attached hydrogens (tertiary/aromatic N) is 5. The Morgan fingerprint density at radius 1 is 1.31 bits per heavy atom. The van der Waals surface area contributed by atoms with Crippen molar-refractivity contribution in [2.24, 2.45) is 23.5 Å². The molecular weight excluding hydrogens is 524 g/mol. The maximum Gasteiger partial charge on any atom is 0.353 e. The Kier molecular flexibility index (Phi) is 7.46. The van der Waals surface area contributed by atoms with Gasteiger partial charge >= 0.3 is 5.97 Å². The molecule has 5 rings (SSSR count). The number of thioether (sulfide) groups is 1. The number of hydrogen-bond donors (Lipinski definition) is 4. The molecule has 39 heavy (non-hydrogen) atoms. The largest absolute Gasteiger partial charge is 0.477 e. The van der Waals surface area contributed by atoms with Crippen molar-refractivity contribution in [3.63, 3.8) is 0 Å². The van der Waals surface area contributed by atoms with Gasteiger partial charge in [-0.25, -0.2) is 9.48 Å².